The average molecular weight is 389 g/mol. The van der Waals surface area contributed by atoms with Crippen molar-refractivity contribution in [2.45, 2.75) is 46.6 Å². The highest BCUT2D eigenvalue weighted by atomic mass is 16.1. The van der Waals surface area contributed by atoms with Gasteiger partial charge in [0, 0.05) is 17.9 Å². The molecule has 29 heavy (non-hydrogen) atoms. The zero-order valence-corrected chi connectivity index (χ0v) is 17.7. The standard InChI is InChI=1S/C24H28N4O/c1-16-10-6-7-11-18(16)15-25-23-26-17(2)14-21(28-23)22(29)27-20-13-9-8-12-19(20)24(3,4)5/h6-14H,15H2,1-5H3,(H,27,29)(H,25,26,28). The zero-order chi connectivity index (χ0) is 21.0. The summed E-state index contributed by atoms with van der Waals surface area (Å²) in [5, 5.41) is 6.25. The Morgan fingerprint density at radius 2 is 1.66 bits per heavy atom. The zero-order valence-electron chi connectivity index (χ0n) is 17.7. The second-order valence-electron chi connectivity index (χ2n) is 8.25. The molecule has 0 aliphatic rings. The SMILES string of the molecule is Cc1cc(C(=O)Nc2ccccc2C(C)(C)C)nc(NCc2ccccc2C)n1. The van der Waals surface area contributed by atoms with Gasteiger partial charge in [-0.15, -0.1) is 0 Å². The van der Waals surface area contributed by atoms with E-state index >= 15 is 0 Å². The third kappa shape index (κ3) is 5.19. The van der Waals surface area contributed by atoms with E-state index in [0.29, 0.717) is 18.2 Å². The van der Waals surface area contributed by atoms with Crippen LogP contribution in [0.3, 0.4) is 0 Å². The Balaban J connectivity index is 1.79. The van der Waals surface area contributed by atoms with E-state index in [2.05, 4.69) is 60.4 Å². The Bertz CT molecular complexity index is 1020. The summed E-state index contributed by atoms with van der Waals surface area (Å²) in [5.41, 5.74) is 5.25. The first-order valence-electron chi connectivity index (χ1n) is 9.79. The van der Waals surface area contributed by atoms with Crippen molar-refractivity contribution in [3.8, 4) is 0 Å². The minimum atomic E-state index is -0.244. The van der Waals surface area contributed by atoms with Gasteiger partial charge in [-0.1, -0.05) is 63.2 Å². The highest BCUT2D eigenvalue weighted by Crippen LogP contribution is 2.29. The second-order valence-corrected chi connectivity index (χ2v) is 8.25. The maximum Gasteiger partial charge on any atom is 0.274 e. The first-order valence-corrected chi connectivity index (χ1v) is 9.79. The van der Waals surface area contributed by atoms with E-state index in [9.17, 15) is 4.79 Å². The lowest BCUT2D eigenvalue weighted by atomic mass is 9.86. The van der Waals surface area contributed by atoms with Gasteiger partial charge < -0.3 is 10.6 Å². The molecule has 0 unspecified atom stereocenters. The normalized spacial score (nSPS) is 11.2. The Morgan fingerprint density at radius 1 is 0.966 bits per heavy atom. The Morgan fingerprint density at radius 3 is 2.38 bits per heavy atom. The number of carbonyl (C=O) groups excluding carboxylic acids is 1. The van der Waals surface area contributed by atoms with Gasteiger partial charge in [-0.25, -0.2) is 9.97 Å². The summed E-state index contributed by atoms with van der Waals surface area (Å²) < 4.78 is 0. The number of anilines is 2. The monoisotopic (exact) mass is 388 g/mol. The molecule has 0 atom stereocenters. The molecule has 5 nitrogen and oxygen atoms in total. The average Bonchev–Trinajstić information content (AvgIpc) is 2.66. The molecule has 0 aliphatic carbocycles. The minimum absolute atomic E-state index is 0.0777. The number of rotatable bonds is 5. The maximum atomic E-state index is 12.9. The number of aryl methyl sites for hydroxylation is 2. The van der Waals surface area contributed by atoms with Gasteiger partial charge >= 0.3 is 0 Å². The summed E-state index contributed by atoms with van der Waals surface area (Å²) in [5.74, 6) is 0.202. The Hall–Kier alpha value is -3.21. The van der Waals surface area contributed by atoms with Crippen molar-refractivity contribution in [3.05, 3.63) is 82.7 Å². The highest BCUT2D eigenvalue weighted by Gasteiger charge is 2.19. The summed E-state index contributed by atoms with van der Waals surface area (Å²) in [6.07, 6.45) is 0. The minimum Gasteiger partial charge on any atom is -0.350 e. The molecular formula is C24H28N4O. The second kappa shape index (κ2) is 8.43. The van der Waals surface area contributed by atoms with E-state index in [0.717, 1.165) is 16.9 Å². The number of amides is 1. The molecule has 0 radical (unpaired) electrons. The van der Waals surface area contributed by atoms with Crippen molar-refractivity contribution in [3.63, 3.8) is 0 Å². The van der Waals surface area contributed by atoms with E-state index in [1.165, 1.54) is 11.1 Å². The largest absolute Gasteiger partial charge is 0.350 e. The number of para-hydroxylation sites is 1. The molecular weight excluding hydrogens is 360 g/mol. The molecule has 3 rings (SSSR count). The van der Waals surface area contributed by atoms with Gasteiger partial charge in [-0.3, -0.25) is 4.79 Å². The molecule has 0 bridgehead atoms. The first-order chi connectivity index (χ1) is 13.7. The molecule has 2 aromatic carbocycles. The van der Waals surface area contributed by atoms with Crippen LogP contribution in [0.25, 0.3) is 0 Å². The van der Waals surface area contributed by atoms with Crippen LogP contribution < -0.4 is 10.6 Å². The quantitative estimate of drug-likeness (QED) is 0.626. The Kier molecular flexibility index (Phi) is 5.97. The van der Waals surface area contributed by atoms with Gasteiger partial charge in [0.25, 0.3) is 5.91 Å². The summed E-state index contributed by atoms with van der Waals surface area (Å²) in [6, 6.07) is 17.7. The lowest BCUT2D eigenvalue weighted by molar-refractivity contribution is 0.102. The fraction of sp³-hybridized carbons (Fsp3) is 0.292. The van der Waals surface area contributed by atoms with Gasteiger partial charge in [0.05, 0.1) is 0 Å². The van der Waals surface area contributed by atoms with E-state index in [1.54, 1.807) is 6.07 Å². The summed E-state index contributed by atoms with van der Waals surface area (Å²) in [4.78, 5) is 21.8. The topological polar surface area (TPSA) is 66.9 Å². The van der Waals surface area contributed by atoms with E-state index in [1.807, 2.05) is 43.3 Å². The van der Waals surface area contributed by atoms with Crippen molar-refractivity contribution in [1.82, 2.24) is 9.97 Å². The summed E-state index contributed by atoms with van der Waals surface area (Å²) in [7, 11) is 0. The molecule has 5 heteroatoms. The van der Waals surface area contributed by atoms with Gasteiger partial charge in [-0.2, -0.15) is 0 Å². The number of carbonyl (C=O) groups is 1. The smallest absolute Gasteiger partial charge is 0.274 e. The lowest BCUT2D eigenvalue weighted by Gasteiger charge is -2.23. The number of hydrogen-bond donors (Lipinski definition) is 2. The van der Waals surface area contributed by atoms with Gasteiger partial charge in [0.2, 0.25) is 5.95 Å². The number of nitrogens with one attached hydrogen (secondary N) is 2. The molecule has 0 saturated heterocycles. The first kappa shape index (κ1) is 20.5. The van der Waals surface area contributed by atoms with Crippen molar-refractivity contribution >= 4 is 17.5 Å². The van der Waals surface area contributed by atoms with Crippen LogP contribution in [0.4, 0.5) is 11.6 Å². The molecule has 3 aromatic rings. The van der Waals surface area contributed by atoms with E-state index in [4.69, 9.17) is 0 Å². The molecule has 1 aromatic heterocycles. The summed E-state index contributed by atoms with van der Waals surface area (Å²) in [6.45, 7) is 10.9. The summed E-state index contributed by atoms with van der Waals surface area (Å²) >= 11 is 0. The number of aromatic nitrogens is 2. The van der Waals surface area contributed by atoms with Crippen LogP contribution in [0.1, 0.15) is 53.6 Å². The van der Waals surface area contributed by atoms with Crippen LogP contribution in [-0.4, -0.2) is 15.9 Å². The van der Waals surface area contributed by atoms with Crippen molar-refractivity contribution in [2.75, 3.05) is 10.6 Å². The lowest BCUT2D eigenvalue weighted by Crippen LogP contribution is -2.20. The van der Waals surface area contributed by atoms with Crippen molar-refractivity contribution in [2.24, 2.45) is 0 Å². The molecule has 0 aliphatic heterocycles. The van der Waals surface area contributed by atoms with Crippen molar-refractivity contribution in [1.29, 1.82) is 0 Å². The van der Waals surface area contributed by atoms with E-state index < -0.39 is 0 Å². The third-order valence-electron chi connectivity index (χ3n) is 4.77. The third-order valence-corrected chi connectivity index (χ3v) is 4.77. The van der Waals surface area contributed by atoms with Gasteiger partial charge in [0.1, 0.15) is 5.69 Å². The van der Waals surface area contributed by atoms with Crippen LogP contribution in [0.15, 0.2) is 54.6 Å². The van der Waals surface area contributed by atoms with Crippen LogP contribution in [0.5, 0.6) is 0 Å². The van der Waals surface area contributed by atoms with Gasteiger partial charge in [0.15, 0.2) is 0 Å². The highest BCUT2D eigenvalue weighted by molar-refractivity contribution is 6.03. The molecule has 0 spiro atoms. The predicted molar refractivity (Wildman–Crippen MR) is 118 cm³/mol. The van der Waals surface area contributed by atoms with Crippen LogP contribution in [0.2, 0.25) is 0 Å². The van der Waals surface area contributed by atoms with Crippen molar-refractivity contribution < 1.29 is 4.79 Å². The van der Waals surface area contributed by atoms with E-state index in [-0.39, 0.29) is 11.3 Å². The number of nitrogens with zero attached hydrogens (tertiary/aromatic N) is 2. The van der Waals surface area contributed by atoms with Gasteiger partial charge in [-0.05, 0) is 48.1 Å². The fourth-order valence-electron chi connectivity index (χ4n) is 3.18. The van der Waals surface area contributed by atoms with Crippen LogP contribution >= 0.6 is 0 Å². The molecule has 2 N–H and O–H groups in total. The maximum absolute atomic E-state index is 12.9. The molecule has 1 amide bonds. The molecule has 1 heterocycles. The fourth-order valence-corrected chi connectivity index (χ4v) is 3.18. The van der Waals surface area contributed by atoms with Crippen LogP contribution in [0, 0.1) is 13.8 Å². The van der Waals surface area contributed by atoms with Crippen LogP contribution in [-0.2, 0) is 12.0 Å². The predicted octanol–water partition coefficient (Wildman–Crippen LogP) is 5.26. The number of hydrogen-bond acceptors (Lipinski definition) is 4. The molecule has 0 saturated carbocycles. The Labute approximate surface area is 172 Å². The molecule has 0 fully saturated rings. The molecule has 150 valence electrons. The number of benzene rings is 2.